The zero-order chi connectivity index (χ0) is 11.7. The van der Waals surface area contributed by atoms with Crippen molar-refractivity contribution in [2.45, 2.75) is 19.4 Å². The molecule has 86 valence electrons. The zero-order valence-corrected chi connectivity index (χ0v) is 9.09. The van der Waals surface area contributed by atoms with Crippen LogP contribution in [0.15, 0.2) is 18.2 Å². The highest BCUT2D eigenvalue weighted by atomic mass is 16.6. The predicted octanol–water partition coefficient (Wildman–Crippen LogP) is 1.47. The van der Waals surface area contributed by atoms with Gasteiger partial charge >= 0.3 is 0 Å². The first-order valence-corrected chi connectivity index (χ1v) is 5.26. The summed E-state index contributed by atoms with van der Waals surface area (Å²) in [6.07, 6.45) is 0.478. The van der Waals surface area contributed by atoms with Gasteiger partial charge in [0.15, 0.2) is 0 Å². The number of non-ortho nitro benzene ring substituents is 1. The summed E-state index contributed by atoms with van der Waals surface area (Å²) in [5.74, 6) is 0. The number of nitro benzene ring substituents is 1. The molecule has 1 aromatic rings. The van der Waals surface area contributed by atoms with E-state index in [0.717, 1.165) is 24.2 Å². The lowest BCUT2D eigenvalue weighted by Gasteiger charge is -2.19. The van der Waals surface area contributed by atoms with Gasteiger partial charge in [0.25, 0.3) is 5.69 Å². The normalized spacial score (nSPS) is 20.1. The highest BCUT2D eigenvalue weighted by Crippen LogP contribution is 2.27. The number of benzene rings is 1. The van der Waals surface area contributed by atoms with Crippen molar-refractivity contribution in [2.24, 2.45) is 0 Å². The Balaban J connectivity index is 2.26. The number of hydrogen-bond donors (Lipinski definition) is 1. The summed E-state index contributed by atoms with van der Waals surface area (Å²) in [6, 6.07) is 4.83. The Morgan fingerprint density at radius 3 is 2.81 bits per heavy atom. The summed E-state index contributed by atoms with van der Waals surface area (Å²) in [5, 5.41) is 20.0. The van der Waals surface area contributed by atoms with Crippen LogP contribution < -0.4 is 4.90 Å². The second kappa shape index (κ2) is 4.09. The smallest absolute Gasteiger partial charge is 0.269 e. The van der Waals surface area contributed by atoms with Gasteiger partial charge in [0.2, 0.25) is 0 Å². The summed E-state index contributed by atoms with van der Waals surface area (Å²) in [7, 11) is 0. The molecule has 0 unspecified atom stereocenters. The zero-order valence-electron chi connectivity index (χ0n) is 9.09. The van der Waals surface area contributed by atoms with Crippen LogP contribution in [-0.2, 0) is 0 Å². The van der Waals surface area contributed by atoms with Gasteiger partial charge in [-0.15, -0.1) is 0 Å². The molecule has 2 rings (SSSR count). The molecule has 5 nitrogen and oxygen atoms in total. The molecule has 0 aliphatic carbocycles. The maximum atomic E-state index is 10.6. The number of nitrogens with zero attached hydrogens (tertiary/aromatic N) is 2. The van der Waals surface area contributed by atoms with E-state index in [1.54, 1.807) is 12.1 Å². The minimum Gasteiger partial charge on any atom is -0.391 e. The van der Waals surface area contributed by atoms with E-state index in [1.165, 1.54) is 6.07 Å². The first-order valence-electron chi connectivity index (χ1n) is 5.26. The number of aliphatic hydroxyl groups excluding tert-OH is 1. The van der Waals surface area contributed by atoms with Crippen molar-refractivity contribution in [3.05, 3.63) is 33.9 Å². The van der Waals surface area contributed by atoms with Crippen LogP contribution in [0.2, 0.25) is 0 Å². The monoisotopic (exact) mass is 222 g/mol. The molecule has 1 atom stereocenters. The van der Waals surface area contributed by atoms with Crippen LogP contribution in [0.25, 0.3) is 0 Å². The average Bonchev–Trinajstić information content (AvgIpc) is 2.64. The minimum atomic E-state index is -0.393. The molecule has 0 saturated carbocycles. The number of aliphatic hydroxyl groups is 1. The fourth-order valence-electron chi connectivity index (χ4n) is 2.07. The number of hydrogen-bond acceptors (Lipinski definition) is 4. The van der Waals surface area contributed by atoms with Crippen molar-refractivity contribution in [1.82, 2.24) is 0 Å². The topological polar surface area (TPSA) is 66.6 Å². The second-order valence-electron chi connectivity index (χ2n) is 4.12. The molecule has 1 aliphatic heterocycles. The van der Waals surface area contributed by atoms with Gasteiger partial charge in [-0.2, -0.15) is 0 Å². The quantitative estimate of drug-likeness (QED) is 0.608. The van der Waals surface area contributed by atoms with Crippen LogP contribution in [0.5, 0.6) is 0 Å². The fraction of sp³-hybridized carbons (Fsp3) is 0.455. The van der Waals surface area contributed by atoms with Crippen molar-refractivity contribution in [3.63, 3.8) is 0 Å². The van der Waals surface area contributed by atoms with E-state index in [2.05, 4.69) is 4.90 Å². The summed E-state index contributed by atoms with van der Waals surface area (Å²) < 4.78 is 0. The maximum absolute atomic E-state index is 10.6. The van der Waals surface area contributed by atoms with Gasteiger partial charge in [0.05, 0.1) is 11.0 Å². The van der Waals surface area contributed by atoms with E-state index in [0.29, 0.717) is 6.54 Å². The van der Waals surface area contributed by atoms with Crippen molar-refractivity contribution in [2.75, 3.05) is 18.0 Å². The van der Waals surface area contributed by atoms with E-state index < -0.39 is 4.92 Å². The highest BCUT2D eigenvalue weighted by molar-refractivity contribution is 5.58. The van der Waals surface area contributed by atoms with Gasteiger partial charge in [-0.25, -0.2) is 0 Å². The number of β-amino-alcohol motifs (C(OH)–C–C–N with tert-alkyl or cyclic N) is 1. The van der Waals surface area contributed by atoms with Crippen molar-refractivity contribution < 1.29 is 10.0 Å². The lowest BCUT2D eigenvalue weighted by molar-refractivity contribution is -0.384. The Morgan fingerprint density at radius 1 is 1.56 bits per heavy atom. The summed E-state index contributed by atoms with van der Waals surface area (Å²) in [5.41, 5.74) is 1.96. The molecule has 1 aliphatic rings. The molecule has 0 amide bonds. The van der Waals surface area contributed by atoms with E-state index in [-0.39, 0.29) is 11.8 Å². The molecule has 1 saturated heterocycles. The van der Waals surface area contributed by atoms with Crippen LogP contribution in [0.3, 0.4) is 0 Å². The Bertz CT molecular complexity index is 420. The van der Waals surface area contributed by atoms with Crippen LogP contribution in [0, 0.1) is 17.0 Å². The van der Waals surface area contributed by atoms with Crippen LogP contribution in [-0.4, -0.2) is 29.2 Å². The molecule has 0 radical (unpaired) electrons. The Hall–Kier alpha value is -1.62. The van der Waals surface area contributed by atoms with E-state index in [9.17, 15) is 15.2 Å². The molecular weight excluding hydrogens is 208 g/mol. The molecule has 5 heteroatoms. The van der Waals surface area contributed by atoms with Crippen LogP contribution in [0.1, 0.15) is 12.0 Å². The number of anilines is 1. The van der Waals surface area contributed by atoms with Gasteiger partial charge in [0, 0.05) is 30.9 Å². The van der Waals surface area contributed by atoms with E-state index >= 15 is 0 Å². The summed E-state index contributed by atoms with van der Waals surface area (Å²) >= 11 is 0. The first-order chi connectivity index (χ1) is 7.58. The molecule has 1 fully saturated rings. The van der Waals surface area contributed by atoms with Crippen LogP contribution in [0.4, 0.5) is 11.4 Å². The lowest BCUT2D eigenvalue weighted by Crippen LogP contribution is -2.21. The van der Waals surface area contributed by atoms with Crippen molar-refractivity contribution >= 4 is 11.4 Å². The highest BCUT2D eigenvalue weighted by Gasteiger charge is 2.22. The summed E-state index contributed by atoms with van der Waals surface area (Å²) in [6.45, 7) is 3.27. The van der Waals surface area contributed by atoms with Crippen molar-refractivity contribution in [1.29, 1.82) is 0 Å². The molecule has 0 spiro atoms. The number of aryl methyl sites for hydroxylation is 1. The SMILES string of the molecule is Cc1cc([N+](=O)[O-])ccc1N1CC[C@@H](O)C1. The standard InChI is InChI=1S/C11H14N2O3/c1-8-6-9(13(15)16)2-3-11(8)12-5-4-10(14)7-12/h2-3,6,10,14H,4-5,7H2,1H3/t10-/m1/s1. The Kier molecular flexibility index (Phi) is 2.78. The van der Waals surface area contributed by atoms with Gasteiger partial charge < -0.3 is 10.0 Å². The molecule has 1 N–H and O–H groups in total. The fourth-order valence-corrected chi connectivity index (χ4v) is 2.07. The first kappa shape index (κ1) is 10.9. The molecule has 1 aromatic carbocycles. The third-order valence-corrected chi connectivity index (χ3v) is 2.90. The maximum Gasteiger partial charge on any atom is 0.269 e. The third-order valence-electron chi connectivity index (χ3n) is 2.90. The second-order valence-corrected chi connectivity index (χ2v) is 4.12. The number of nitro groups is 1. The minimum absolute atomic E-state index is 0.112. The molecule has 16 heavy (non-hydrogen) atoms. The third kappa shape index (κ3) is 1.99. The molecule has 0 aromatic heterocycles. The predicted molar refractivity (Wildman–Crippen MR) is 60.7 cm³/mol. The largest absolute Gasteiger partial charge is 0.391 e. The number of rotatable bonds is 2. The molecular formula is C11H14N2O3. The van der Waals surface area contributed by atoms with Gasteiger partial charge in [0.1, 0.15) is 0 Å². The van der Waals surface area contributed by atoms with E-state index in [4.69, 9.17) is 0 Å². The van der Waals surface area contributed by atoms with Gasteiger partial charge in [-0.3, -0.25) is 10.1 Å². The average molecular weight is 222 g/mol. The Morgan fingerprint density at radius 2 is 2.31 bits per heavy atom. The molecule has 0 bridgehead atoms. The summed E-state index contributed by atoms with van der Waals surface area (Å²) in [4.78, 5) is 12.3. The van der Waals surface area contributed by atoms with E-state index in [1.807, 2.05) is 6.92 Å². The van der Waals surface area contributed by atoms with Crippen molar-refractivity contribution in [3.8, 4) is 0 Å². The Labute approximate surface area is 93.5 Å². The van der Waals surface area contributed by atoms with Gasteiger partial charge in [-0.1, -0.05) is 0 Å². The molecule has 1 heterocycles. The van der Waals surface area contributed by atoms with Crippen LogP contribution >= 0.6 is 0 Å². The lowest BCUT2D eigenvalue weighted by atomic mass is 10.1. The van der Waals surface area contributed by atoms with Gasteiger partial charge in [-0.05, 0) is 25.0 Å².